The fraction of sp³-hybridized carbons (Fsp3) is 0.440. The van der Waals surface area contributed by atoms with Gasteiger partial charge in [-0.2, -0.15) is 0 Å². The summed E-state index contributed by atoms with van der Waals surface area (Å²) in [7, 11) is -2.45. The number of anilines is 1. The third-order valence-corrected chi connectivity index (χ3v) is 8.35. The molecule has 3 rings (SSSR count). The molecule has 12 heteroatoms. The Balaban J connectivity index is 1.92. The minimum atomic E-state index is -3.89. The number of halogens is 3. The number of nitrogens with one attached hydrogen (secondary N) is 1. The molecule has 202 valence electrons. The van der Waals surface area contributed by atoms with Crippen molar-refractivity contribution in [3.63, 3.8) is 0 Å². The number of sulfonamides is 1. The molecule has 1 atom stereocenters. The molecule has 1 saturated carbocycles. The summed E-state index contributed by atoms with van der Waals surface area (Å²) in [5.74, 6) is -0.539. The van der Waals surface area contributed by atoms with E-state index in [9.17, 15) is 18.0 Å². The van der Waals surface area contributed by atoms with Crippen LogP contribution in [-0.2, 0) is 26.2 Å². The molecule has 0 bridgehead atoms. The van der Waals surface area contributed by atoms with Crippen molar-refractivity contribution in [2.75, 3.05) is 24.2 Å². The van der Waals surface area contributed by atoms with Crippen LogP contribution in [0.1, 0.15) is 38.2 Å². The van der Waals surface area contributed by atoms with Gasteiger partial charge < -0.3 is 15.0 Å². The van der Waals surface area contributed by atoms with Crippen LogP contribution in [0.4, 0.5) is 5.69 Å². The number of amides is 2. The Labute approximate surface area is 232 Å². The van der Waals surface area contributed by atoms with Gasteiger partial charge in [0.15, 0.2) is 0 Å². The molecular formula is C25H30Cl3N3O5S. The van der Waals surface area contributed by atoms with Gasteiger partial charge in [-0.25, -0.2) is 8.42 Å². The third-order valence-electron chi connectivity index (χ3n) is 6.33. The Morgan fingerprint density at radius 3 is 2.32 bits per heavy atom. The zero-order valence-electron chi connectivity index (χ0n) is 20.8. The van der Waals surface area contributed by atoms with Gasteiger partial charge in [-0.1, -0.05) is 53.7 Å². The first kappa shape index (κ1) is 29.4. The van der Waals surface area contributed by atoms with E-state index in [0.717, 1.165) is 36.2 Å². The van der Waals surface area contributed by atoms with Gasteiger partial charge in [-0.05, 0) is 55.7 Å². The van der Waals surface area contributed by atoms with Gasteiger partial charge in [0.25, 0.3) is 0 Å². The van der Waals surface area contributed by atoms with Crippen molar-refractivity contribution in [1.82, 2.24) is 10.2 Å². The van der Waals surface area contributed by atoms with Crippen molar-refractivity contribution in [2.45, 2.75) is 51.2 Å². The van der Waals surface area contributed by atoms with E-state index in [2.05, 4.69) is 5.32 Å². The quantitative estimate of drug-likeness (QED) is 0.425. The number of benzene rings is 2. The number of nitrogens with zero attached hydrogens (tertiary/aromatic N) is 2. The highest BCUT2D eigenvalue weighted by atomic mass is 35.5. The number of carbonyl (C=O) groups is 2. The Kier molecular flexibility index (Phi) is 9.97. The number of carbonyl (C=O) groups excluding carboxylic acids is 2. The molecule has 0 aliphatic heterocycles. The Morgan fingerprint density at radius 1 is 1.08 bits per heavy atom. The van der Waals surface area contributed by atoms with Gasteiger partial charge in [-0.3, -0.25) is 13.9 Å². The summed E-state index contributed by atoms with van der Waals surface area (Å²) in [4.78, 5) is 28.1. The fourth-order valence-corrected chi connectivity index (χ4v) is 5.79. The van der Waals surface area contributed by atoms with Crippen molar-refractivity contribution >= 4 is 62.3 Å². The van der Waals surface area contributed by atoms with Crippen LogP contribution in [-0.4, -0.2) is 57.1 Å². The molecule has 2 aromatic carbocycles. The highest BCUT2D eigenvalue weighted by Gasteiger charge is 2.32. The van der Waals surface area contributed by atoms with E-state index < -0.39 is 28.5 Å². The lowest BCUT2D eigenvalue weighted by Crippen LogP contribution is -2.52. The summed E-state index contributed by atoms with van der Waals surface area (Å²) in [6.07, 6.45) is 4.84. The molecule has 0 unspecified atom stereocenters. The number of hydrogen-bond donors (Lipinski definition) is 1. The molecule has 2 amide bonds. The third kappa shape index (κ3) is 7.66. The van der Waals surface area contributed by atoms with Crippen LogP contribution in [0, 0.1) is 0 Å². The topological polar surface area (TPSA) is 96.0 Å². The van der Waals surface area contributed by atoms with E-state index in [1.807, 2.05) is 0 Å². The van der Waals surface area contributed by atoms with E-state index in [4.69, 9.17) is 39.5 Å². The van der Waals surface area contributed by atoms with E-state index in [1.54, 1.807) is 25.1 Å². The molecule has 2 aromatic rings. The molecule has 1 aliphatic carbocycles. The zero-order valence-corrected chi connectivity index (χ0v) is 23.9. The highest BCUT2D eigenvalue weighted by molar-refractivity contribution is 7.92. The first-order valence-corrected chi connectivity index (χ1v) is 14.7. The summed E-state index contributed by atoms with van der Waals surface area (Å²) in [5.41, 5.74) is 0.757. The van der Waals surface area contributed by atoms with Crippen LogP contribution < -0.4 is 14.4 Å². The summed E-state index contributed by atoms with van der Waals surface area (Å²) in [5, 5.41) is 3.96. The first-order valence-electron chi connectivity index (χ1n) is 11.8. The molecule has 1 N–H and O–H groups in total. The second kappa shape index (κ2) is 12.6. The van der Waals surface area contributed by atoms with Gasteiger partial charge >= 0.3 is 0 Å². The van der Waals surface area contributed by atoms with Crippen LogP contribution in [0.3, 0.4) is 0 Å². The smallest absolute Gasteiger partial charge is 0.244 e. The highest BCUT2D eigenvalue weighted by Crippen LogP contribution is 2.31. The minimum Gasteiger partial charge on any atom is -0.495 e. The number of hydrogen-bond acceptors (Lipinski definition) is 5. The van der Waals surface area contributed by atoms with Crippen molar-refractivity contribution in [3.05, 3.63) is 57.0 Å². The predicted octanol–water partition coefficient (Wildman–Crippen LogP) is 4.90. The molecule has 0 saturated heterocycles. The first-order chi connectivity index (χ1) is 17.4. The normalized spacial score (nSPS) is 14.8. The number of rotatable bonds is 10. The average molecular weight is 591 g/mol. The standard InChI is InChI=1S/C25H30Cl3N3O5S/c1-16(25(33)29-19-6-4-5-7-19)30(14-17-8-9-18(26)12-21(17)27)24(32)15-31(37(3,34)35)20-10-11-23(36-2)22(28)13-20/h8-13,16,19H,4-7,14-15H2,1-3H3,(H,29,33)/t16-/m0/s1. The summed E-state index contributed by atoms with van der Waals surface area (Å²) < 4.78 is 31.5. The van der Waals surface area contributed by atoms with Crippen molar-refractivity contribution in [2.24, 2.45) is 0 Å². The lowest BCUT2D eigenvalue weighted by molar-refractivity contribution is -0.139. The van der Waals surface area contributed by atoms with Crippen molar-refractivity contribution in [1.29, 1.82) is 0 Å². The number of ether oxygens (including phenoxy) is 1. The Hall–Kier alpha value is -2.20. The Bertz CT molecular complexity index is 1250. The fourth-order valence-electron chi connectivity index (χ4n) is 4.23. The Morgan fingerprint density at radius 2 is 1.76 bits per heavy atom. The van der Waals surface area contributed by atoms with Crippen LogP contribution in [0.15, 0.2) is 36.4 Å². The molecule has 1 aliphatic rings. The van der Waals surface area contributed by atoms with Gasteiger partial charge in [-0.15, -0.1) is 0 Å². The van der Waals surface area contributed by atoms with E-state index in [1.165, 1.54) is 30.2 Å². The minimum absolute atomic E-state index is 0.0188. The maximum atomic E-state index is 13.7. The molecule has 37 heavy (non-hydrogen) atoms. The lowest BCUT2D eigenvalue weighted by atomic mass is 10.1. The maximum Gasteiger partial charge on any atom is 0.244 e. The van der Waals surface area contributed by atoms with Crippen LogP contribution in [0.5, 0.6) is 5.75 Å². The van der Waals surface area contributed by atoms with Crippen LogP contribution in [0.25, 0.3) is 0 Å². The molecule has 1 fully saturated rings. The van der Waals surface area contributed by atoms with Gasteiger partial charge in [0.1, 0.15) is 18.3 Å². The second-order valence-corrected chi connectivity index (χ2v) is 12.2. The van der Waals surface area contributed by atoms with Gasteiger partial charge in [0, 0.05) is 22.6 Å². The molecule has 0 spiro atoms. The summed E-state index contributed by atoms with van der Waals surface area (Å²) >= 11 is 18.6. The average Bonchev–Trinajstić information content (AvgIpc) is 3.33. The monoisotopic (exact) mass is 589 g/mol. The van der Waals surface area contributed by atoms with Crippen molar-refractivity contribution in [3.8, 4) is 5.75 Å². The molecular weight excluding hydrogens is 561 g/mol. The molecule has 0 aromatic heterocycles. The molecule has 0 radical (unpaired) electrons. The van der Waals surface area contributed by atoms with Crippen LogP contribution in [0.2, 0.25) is 15.1 Å². The van der Waals surface area contributed by atoms with Gasteiger partial charge in [0.05, 0.1) is 24.1 Å². The molecule has 8 nitrogen and oxygen atoms in total. The molecule has 0 heterocycles. The SMILES string of the molecule is COc1ccc(N(CC(=O)N(Cc2ccc(Cl)cc2Cl)[C@@H](C)C(=O)NC2CCCC2)S(C)(=O)=O)cc1Cl. The van der Waals surface area contributed by atoms with E-state index >= 15 is 0 Å². The maximum absolute atomic E-state index is 13.7. The number of methoxy groups -OCH3 is 1. The van der Waals surface area contributed by atoms with Crippen molar-refractivity contribution < 1.29 is 22.7 Å². The summed E-state index contributed by atoms with van der Waals surface area (Å²) in [6, 6.07) is 8.44. The van der Waals surface area contributed by atoms with E-state index in [0.29, 0.717) is 21.4 Å². The van der Waals surface area contributed by atoms with E-state index in [-0.39, 0.29) is 29.2 Å². The lowest BCUT2D eigenvalue weighted by Gasteiger charge is -2.32. The summed E-state index contributed by atoms with van der Waals surface area (Å²) in [6.45, 7) is 1.05. The predicted molar refractivity (Wildman–Crippen MR) is 147 cm³/mol. The second-order valence-electron chi connectivity index (χ2n) is 9.01. The van der Waals surface area contributed by atoms with Gasteiger partial charge in [0.2, 0.25) is 21.8 Å². The van der Waals surface area contributed by atoms with Crippen LogP contribution >= 0.6 is 34.8 Å². The zero-order chi connectivity index (χ0) is 27.3. The largest absolute Gasteiger partial charge is 0.495 e.